The summed E-state index contributed by atoms with van der Waals surface area (Å²) in [5.41, 5.74) is 0.319. The van der Waals surface area contributed by atoms with Gasteiger partial charge in [-0.2, -0.15) is 0 Å². The minimum absolute atomic E-state index is 0.144. The lowest BCUT2D eigenvalue weighted by atomic mass is 10.3. The summed E-state index contributed by atoms with van der Waals surface area (Å²) in [5, 5.41) is 9.15. The van der Waals surface area contributed by atoms with Crippen molar-refractivity contribution in [2.45, 2.75) is 25.4 Å². The van der Waals surface area contributed by atoms with Gasteiger partial charge in [0.05, 0.1) is 17.7 Å². The van der Waals surface area contributed by atoms with Gasteiger partial charge < -0.3 is 10.1 Å². The van der Waals surface area contributed by atoms with Crippen LogP contribution in [0.5, 0.6) is 5.75 Å². The molecule has 0 saturated heterocycles. The number of nitrogens with zero attached hydrogens (tertiary/aromatic N) is 3. The van der Waals surface area contributed by atoms with Gasteiger partial charge in [0.2, 0.25) is 5.91 Å². The molecule has 0 unspecified atom stereocenters. The van der Waals surface area contributed by atoms with E-state index in [2.05, 4.69) is 10.4 Å². The molecule has 1 N–H and O–H groups in total. The molecule has 1 fully saturated rings. The molecule has 0 atom stereocenters. The molecule has 2 heterocycles. The largest absolute Gasteiger partial charge is 0.495 e. The number of thiophene rings is 1. The lowest BCUT2D eigenvalue weighted by Crippen LogP contribution is -2.30. The molecule has 26 heavy (non-hydrogen) atoms. The third-order valence-corrected chi connectivity index (χ3v) is 5.06. The molecule has 3 aromatic rings. The summed E-state index contributed by atoms with van der Waals surface area (Å²) >= 11 is 1.53. The van der Waals surface area contributed by atoms with E-state index in [1.165, 1.54) is 16.0 Å². The number of ether oxygens (including phenoxy) is 1. The molecule has 1 amide bonds. The highest BCUT2D eigenvalue weighted by atomic mass is 32.1. The Balaban J connectivity index is 1.59. The lowest BCUT2D eigenvalue weighted by molar-refractivity contribution is -0.117. The van der Waals surface area contributed by atoms with E-state index in [1.54, 1.807) is 29.9 Å². The van der Waals surface area contributed by atoms with Crippen LogP contribution < -0.4 is 15.7 Å². The highest BCUT2D eigenvalue weighted by Crippen LogP contribution is 2.37. The molecule has 4 rings (SSSR count). The van der Waals surface area contributed by atoms with Crippen LogP contribution in [0.25, 0.3) is 10.7 Å². The van der Waals surface area contributed by atoms with Gasteiger partial charge in [0.15, 0.2) is 5.82 Å². The van der Waals surface area contributed by atoms with E-state index in [4.69, 9.17) is 4.74 Å². The lowest BCUT2D eigenvalue weighted by Gasteiger charge is -2.09. The zero-order valence-corrected chi connectivity index (χ0v) is 15.0. The number of methoxy groups -OCH3 is 1. The van der Waals surface area contributed by atoms with E-state index in [9.17, 15) is 9.59 Å². The van der Waals surface area contributed by atoms with Crippen LogP contribution in [0.1, 0.15) is 18.9 Å². The minimum atomic E-state index is -0.324. The second-order valence-electron chi connectivity index (χ2n) is 6.09. The van der Waals surface area contributed by atoms with Crippen molar-refractivity contribution in [2.75, 3.05) is 12.4 Å². The van der Waals surface area contributed by atoms with Crippen molar-refractivity contribution in [1.82, 2.24) is 14.3 Å². The summed E-state index contributed by atoms with van der Waals surface area (Å²) in [4.78, 5) is 26.1. The van der Waals surface area contributed by atoms with E-state index >= 15 is 0 Å². The molecule has 7 nitrogen and oxygen atoms in total. The maximum Gasteiger partial charge on any atom is 0.346 e. The van der Waals surface area contributed by atoms with Crippen molar-refractivity contribution in [1.29, 1.82) is 0 Å². The highest BCUT2D eigenvalue weighted by molar-refractivity contribution is 7.13. The molecule has 1 aliphatic rings. The molecule has 1 aliphatic carbocycles. The number of aromatic nitrogens is 3. The van der Waals surface area contributed by atoms with Crippen LogP contribution in [-0.2, 0) is 11.3 Å². The van der Waals surface area contributed by atoms with Gasteiger partial charge in [-0.05, 0) is 36.4 Å². The molecule has 1 aromatic carbocycles. The number of amides is 1. The van der Waals surface area contributed by atoms with Crippen molar-refractivity contribution in [2.24, 2.45) is 0 Å². The molecule has 134 valence electrons. The van der Waals surface area contributed by atoms with Crippen LogP contribution in [0.4, 0.5) is 5.69 Å². The summed E-state index contributed by atoms with van der Waals surface area (Å²) in [5.74, 6) is 0.878. The Bertz CT molecular complexity index is 986. The predicted octanol–water partition coefficient (Wildman–Crippen LogP) is 2.76. The van der Waals surface area contributed by atoms with Gasteiger partial charge in [-0.15, -0.1) is 16.4 Å². The molecule has 2 aromatic heterocycles. The molecule has 0 aliphatic heterocycles. The van der Waals surface area contributed by atoms with Gasteiger partial charge in [-0.3, -0.25) is 9.36 Å². The van der Waals surface area contributed by atoms with Crippen LogP contribution in [0.3, 0.4) is 0 Å². The SMILES string of the molecule is COc1ccccc1NC(=O)Cn1nc(-c2cccs2)n(C2CC2)c1=O. The molecular formula is C18H18N4O3S. The summed E-state index contributed by atoms with van der Waals surface area (Å²) in [6, 6.07) is 11.2. The molecular weight excluding hydrogens is 352 g/mol. The maximum absolute atomic E-state index is 12.7. The average molecular weight is 370 g/mol. The Hall–Kier alpha value is -2.87. The number of rotatable bonds is 6. The van der Waals surface area contributed by atoms with Gasteiger partial charge in [0.1, 0.15) is 12.3 Å². The van der Waals surface area contributed by atoms with Crippen LogP contribution in [-0.4, -0.2) is 27.4 Å². The molecule has 0 spiro atoms. The quantitative estimate of drug-likeness (QED) is 0.724. The van der Waals surface area contributed by atoms with Gasteiger partial charge >= 0.3 is 5.69 Å². The molecule has 0 radical (unpaired) electrons. The van der Waals surface area contributed by atoms with Crippen LogP contribution in [0.15, 0.2) is 46.6 Å². The smallest absolute Gasteiger partial charge is 0.346 e. The monoisotopic (exact) mass is 370 g/mol. The second-order valence-corrected chi connectivity index (χ2v) is 7.04. The van der Waals surface area contributed by atoms with Gasteiger partial charge in [-0.1, -0.05) is 18.2 Å². The Morgan fingerprint density at radius 1 is 1.31 bits per heavy atom. The summed E-state index contributed by atoms with van der Waals surface area (Å²) < 4.78 is 8.18. The Morgan fingerprint density at radius 3 is 2.81 bits per heavy atom. The third-order valence-electron chi connectivity index (χ3n) is 4.20. The molecule has 1 saturated carbocycles. The zero-order chi connectivity index (χ0) is 18.1. The molecule has 0 bridgehead atoms. The van der Waals surface area contributed by atoms with Crippen molar-refractivity contribution in [3.05, 3.63) is 52.3 Å². The van der Waals surface area contributed by atoms with E-state index in [0.29, 0.717) is 17.3 Å². The molecule has 8 heteroatoms. The summed E-state index contributed by atoms with van der Waals surface area (Å²) in [6.45, 7) is -0.144. The highest BCUT2D eigenvalue weighted by Gasteiger charge is 2.31. The minimum Gasteiger partial charge on any atom is -0.495 e. The second kappa shape index (κ2) is 6.80. The van der Waals surface area contributed by atoms with E-state index in [1.807, 2.05) is 23.6 Å². The first-order chi connectivity index (χ1) is 12.7. The first-order valence-corrected chi connectivity index (χ1v) is 9.21. The van der Waals surface area contributed by atoms with Crippen LogP contribution in [0.2, 0.25) is 0 Å². The standard InChI is InChI=1S/C18H18N4O3S/c1-25-14-6-3-2-5-13(14)19-16(23)11-21-18(24)22(12-8-9-12)17(20-21)15-7-4-10-26-15/h2-7,10,12H,8-9,11H2,1H3,(H,19,23). The topological polar surface area (TPSA) is 78.2 Å². The number of carbonyl (C=O) groups is 1. The van der Waals surface area contributed by atoms with Crippen LogP contribution in [0, 0.1) is 0 Å². The Kier molecular flexibility index (Phi) is 4.34. The number of hydrogen-bond acceptors (Lipinski definition) is 5. The van der Waals surface area contributed by atoms with Gasteiger partial charge in [0.25, 0.3) is 0 Å². The van der Waals surface area contributed by atoms with Crippen molar-refractivity contribution >= 4 is 22.9 Å². The average Bonchev–Trinajstić information content (AvgIpc) is 3.22. The number of para-hydroxylation sites is 2. The van der Waals surface area contributed by atoms with Crippen molar-refractivity contribution in [3.63, 3.8) is 0 Å². The summed E-state index contributed by atoms with van der Waals surface area (Å²) in [6.07, 6.45) is 1.94. The maximum atomic E-state index is 12.7. The Labute approximate surface area is 153 Å². The first-order valence-electron chi connectivity index (χ1n) is 8.33. The number of benzene rings is 1. The fraction of sp³-hybridized carbons (Fsp3) is 0.278. The predicted molar refractivity (Wildman–Crippen MR) is 99.7 cm³/mol. The number of carbonyl (C=O) groups excluding carboxylic acids is 1. The van der Waals surface area contributed by atoms with E-state index < -0.39 is 0 Å². The van der Waals surface area contributed by atoms with Gasteiger partial charge in [-0.25, -0.2) is 9.48 Å². The fourth-order valence-corrected chi connectivity index (χ4v) is 3.54. The zero-order valence-electron chi connectivity index (χ0n) is 14.2. The first kappa shape index (κ1) is 16.6. The third kappa shape index (κ3) is 3.15. The van der Waals surface area contributed by atoms with Crippen molar-refractivity contribution in [3.8, 4) is 16.5 Å². The van der Waals surface area contributed by atoms with Crippen molar-refractivity contribution < 1.29 is 9.53 Å². The van der Waals surface area contributed by atoms with E-state index in [0.717, 1.165) is 17.7 Å². The Morgan fingerprint density at radius 2 is 2.12 bits per heavy atom. The number of nitrogens with one attached hydrogen (secondary N) is 1. The van der Waals surface area contributed by atoms with E-state index in [-0.39, 0.29) is 24.2 Å². The normalized spacial score (nSPS) is 13.6. The van der Waals surface area contributed by atoms with Gasteiger partial charge in [0, 0.05) is 6.04 Å². The van der Waals surface area contributed by atoms with Crippen LogP contribution >= 0.6 is 11.3 Å². The number of anilines is 1. The number of hydrogen-bond donors (Lipinski definition) is 1. The summed E-state index contributed by atoms with van der Waals surface area (Å²) in [7, 11) is 1.54. The fourth-order valence-electron chi connectivity index (χ4n) is 2.83.